The molecule has 1 aromatic carbocycles. The molecule has 2 fully saturated rings. The quantitative estimate of drug-likeness (QED) is 0.870. The maximum atomic E-state index is 5.49. The number of benzene rings is 1. The third-order valence-electron chi connectivity index (χ3n) is 4.21. The van der Waals surface area contributed by atoms with Gasteiger partial charge in [-0.1, -0.05) is 0 Å². The first-order valence-electron chi connectivity index (χ1n) is 6.30. The standard InChI is InChI=1S/C14H19NO3/c1-16-12-3-10(4-13(5-12)17-2)14(8-18-9-14)11-6-15-7-11/h3-5,11,15H,6-9H2,1-2H3. The second-order valence-electron chi connectivity index (χ2n) is 5.11. The molecule has 4 heteroatoms. The van der Waals surface area contributed by atoms with Crippen molar-refractivity contribution in [3.63, 3.8) is 0 Å². The molecule has 98 valence electrons. The molecule has 0 saturated carbocycles. The van der Waals surface area contributed by atoms with E-state index in [2.05, 4.69) is 17.4 Å². The molecule has 0 bridgehead atoms. The van der Waals surface area contributed by atoms with Crippen molar-refractivity contribution in [1.82, 2.24) is 5.32 Å². The average molecular weight is 249 g/mol. The Morgan fingerprint density at radius 2 is 1.72 bits per heavy atom. The van der Waals surface area contributed by atoms with Gasteiger partial charge in [-0.2, -0.15) is 0 Å². The van der Waals surface area contributed by atoms with Gasteiger partial charge in [0, 0.05) is 24.6 Å². The van der Waals surface area contributed by atoms with Crippen molar-refractivity contribution in [2.45, 2.75) is 5.41 Å². The second-order valence-corrected chi connectivity index (χ2v) is 5.11. The zero-order valence-electron chi connectivity index (χ0n) is 10.9. The maximum absolute atomic E-state index is 5.49. The lowest BCUT2D eigenvalue weighted by Gasteiger charge is -2.51. The molecule has 0 aliphatic carbocycles. The molecule has 2 aliphatic heterocycles. The first-order valence-corrected chi connectivity index (χ1v) is 6.30. The Bertz CT molecular complexity index is 416. The maximum Gasteiger partial charge on any atom is 0.122 e. The topological polar surface area (TPSA) is 39.7 Å². The second kappa shape index (κ2) is 4.44. The van der Waals surface area contributed by atoms with Gasteiger partial charge in [-0.15, -0.1) is 0 Å². The molecular formula is C14H19NO3. The van der Waals surface area contributed by atoms with Crippen LogP contribution in [0.15, 0.2) is 18.2 Å². The molecule has 3 rings (SSSR count). The van der Waals surface area contributed by atoms with Crippen LogP contribution >= 0.6 is 0 Å². The largest absolute Gasteiger partial charge is 0.497 e. The van der Waals surface area contributed by atoms with Crippen LogP contribution in [0.25, 0.3) is 0 Å². The predicted octanol–water partition coefficient (Wildman–Crippen LogP) is 1.19. The van der Waals surface area contributed by atoms with E-state index >= 15 is 0 Å². The van der Waals surface area contributed by atoms with Crippen molar-refractivity contribution in [1.29, 1.82) is 0 Å². The molecule has 0 amide bonds. The summed E-state index contributed by atoms with van der Waals surface area (Å²) in [4.78, 5) is 0. The predicted molar refractivity (Wildman–Crippen MR) is 68.4 cm³/mol. The van der Waals surface area contributed by atoms with E-state index in [1.54, 1.807) is 14.2 Å². The molecule has 2 aliphatic rings. The number of rotatable bonds is 4. The summed E-state index contributed by atoms with van der Waals surface area (Å²) in [5.74, 6) is 2.36. The smallest absolute Gasteiger partial charge is 0.122 e. The molecule has 0 spiro atoms. The first kappa shape index (κ1) is 11.8. The zero-order valence-corrected chi connectivity index (χ0v) is 10.9. The van der Waals surface area contributed by atoms with Crippen LogP contribution in [-0.4, -0.2) is 40.5 Å². The minimum absolute atomic E-state index is 0.146. The minimum Gasteiger partial charge on any atom is -0.497 e. The van der Waals surface area contributed by atoms with Crippen LogP contribution in [0.1, 0.15) is 5.56 Å². The molecule has 0 atom stereocenters. The van der Waals surface area contributed by atoms with E-state index in [0.717, 1.165) is 37.8 Å². The Kier molecular flexibility index (Phi) is 2.92. The average Bonchev–Trinajstić information content (AvgIpc) is 2.30. The highest BCUT2D eigenvalue weighted by molar-refractivity contribution is 5.43. The fourth-order valence-electron chi connectivity index (χ4n) is 2.73. The van der Waals surface area contributed by atoms with Crippen LogP contribution in [-0.2, 0) is 10.2 Å². The van der Waals surface area contributed by atoms with Crippen LogP contribution in [0, 0.1) is 5.92 Å². The summed E-state index contributed by atoms with van der Waals surface area (Å²) in [5.41, 5.74) is 1.42. The summed E-state index contributed by atoms with van der Waals surface area (Å²) in [6.45, 7) is 3.75. The van der Waals surface area contributed by atoms with E-state index in [0.29, 0.717) is 5.92 Å². The van der Waals surface area contributed by atoms with Gasteiger partial charge >= 0.3 is 0 Å². The lowest BCUT2D eigenvalue weighted by atomic mass is 9.66. The number of hydrogen-bond acceptors (Lipinski definition) is 4. The first-order chi connectivity index (χ1) is 8.78. The van der Waals surface area contributed by atoms with E-state index in [4.69, 9.17) is 14.2 Å². The van der Waals surface area contributed by atoms with Gasteiger partial charge in [0.15, 0.2) is 0 Å². The Balaban J connectivity index is 1.98. The summed E-state index contributed by atoms with van der Waals surface area (Å²) in [6.07, 6.45) is 0. The lowest BCUT2D eigenvalue weighted by Crippen LogP contribution is -2.62. The molecule has 0 aromatic heterocycles. The summed E-state index contributed by atoms with van der Waals surface area (Å²) < 4.78 is 16.2. The molecule has 0 radical (unpaired) electrons. The van der Waals surface area contributed by atoms with Gasteiger partial charge < -0.3 is 19.5 Å². The third kappa shape index (κ3) is 1.68. The fraction of sp³-hybridized carbons (Fsp3) is 0.571. The van der Waals surface area contributed by atoms with E-state index < -0.39 is 0 Å². The molecule has 2 saturated heterocycles. The van der Waals surface area contributed by atoms with Crippen LogP contribution in [0.3, 0.4) is 0 Å². The molecule has 1 N–H and O–H groups in total. The highest BCUT2D eigenvalue weighted by atomic mass is 16.5. The normalized spacial score (nSPS) is 21.9. The Morgan fingerprint density at radius 3 is 2.06 bits per heavy atom. The van der Waals surface area contributed by atoms with Crippen molar-refractivity contribution in [3.8, 4) is 11.5 Å². The molecule has 0 unspecified atom stereocenters. The molecule has 2 heterocycles. The van der Waals surface area contributed by atoms with Gasteiger partial charge in [-0.3, -0.25) is 0 Å². The van der Waals surface area contributed by atoms with Crippen molar-refractivity contribution >= 4 is 0 Å². The molecule has 18 heavy (non-hydrogen) atoms. The SMILES string of the molecule is COc1cc(OC)cc(C2(C3CNC3)COC2)c1. The summed E-state index contributed by atoms with van der Waals surface area (Å²) in [6, 6.07) is 6.14. The number of methoxy groups -OCH3 is 2. The summed E-state index contributed by atoms with van der Waals surface area (Å²) >= 11 is 0. The highest BCUT2D eigenvalue weighted by Gasteiger charge is 2.49. The minimum atomic E-state index is 0.146. The lowest BCUT2D eigenvalue weighted by molar-refractivity contribution is -0.101. The highest BCUT2D eigenvalue weighted by Crippen LogP contribution is 2.43. The van der Waals surface area contributed by atoms with Gasteiger partial charge in [0.25, 0.3) is 0 Å². The number of nitrogens with one attached hydrogen (secondary N) is 1. The van der Waals surface area contributed by atoms with E-state index in [9.17, 15) is 0 Å². The van der Waals surface area contributed by atoms with Gasteiger partial charge in [0.2, 0.25) is 0 Å². The number of hydrogen-bond donors (Lipinski definition) is 1. The van der Waals surface area contributed by atoms with Crippen molar-refractivity contribution in [3.05, 3.63) is 23.8 Å². The van der Waals surface area contributed by atoms with E-state index in [-0.39, 0.29) is 5.41 Å². The van der Waals surface area contributed by atoms with Crippen molar-refractivity contribution in [2.75, 3.05) is 40.5 Å². The van der Waals surface area contributed by atoms with Crippen LogP contribution in [0.2, 0.25) is 0 Å². The van der Waals surface area contributed by atoms with Gasteiger partial charge in [-0.05, 0) is 23.6 Å². The molecular weight excluding hydrogens is 230 g/mol. The fourth-order valence-corrected chi connectivity index (χ4v) is 2.73. The summed E-state index contributed by atoms with van der Waals surface area (Å²) in [5, 5.41) is 3.34. The molecule has 1 aromatic rings. The summed E-state index contributed by atoms with van der Waals surface area (Å²) in [7, 11) is 3.38. The van der Waals surface area contributed by atoms with Crippen LogP contribution < -0.4 is 14.8 Å². The van der Waals surface area contributed by atoms with E-state index in [1.807, 2.05) is 6.07 Å². The van der Waals surface area contributed by atoms with Gasteiger partial charge in [-0.25, -0.2) is 0 Å². The van der Waals surface area contributed by atoms with Crippen LogP contribution in [0.5, 0.6) is 11.5 Å². The Morgan fingerprint density at radius 1 is 1.11 bits per heavy atom. The zero-order chi connectivity index (χ0) is 12.6. The third-order valence-corrected chi connectivity index (χ3v) is 4.21. The van der Waals surface area contributed by atoms with Gasteiger partial charge in [0.05, 0.1) is 27.4 Å². The van der Waals surface area contributed by atoms with Crippen molar-refractivity contribution < 1.29 is 14.2 Å². The number of ether oxygens (including phenoxy) is 3. The Hall–Kier alpha value is -1.26. The van der Waals surface area contributed by atoms with Gasteiger partial charge in [0.1, 0.15) is 11.5 Å². The van der Waals surface area contributed by atoms with Crippen molar-refractivity contribution in [2.24, 2.45) is 5.92 Å². The Labute approximate surface area is 107 Å². The molecule has 4 nitrogen and oxygen atoms in total. The van der Waals surface area contributed by atoms with Crippen LogP contribution in [0.4, 0.5) is 0 Å². The monoisotopic (exact) mass is 249 g/mol. The van der Waals surface area contributed by atoms with E-state index in [1.165, 1.54) is 5.56 Å².